The third-order valence-electron chi connectivity index (χ3n) is 4.20. The van der Waals surface area contributed by atoms with Gasteiger partial charge < -0.3 is 15.4 Å². The number of ether oxygens (including phenoxy) is 1. The summed E-state index contributed by atoms with van der Waals surface area (Å²) in [6.45, 7) is -0.597. The maximum atomic E-state index is 13.0. The highest BCUT2D eigenvalue weighted by molar-refractivity contribution is 6.07. The van der Waals surface area contributed by atoms with Gasteiger partial charge >= 0.3 is 6.18 Å². The number of hydrogen-bond donors (Lipinski definition) is 1. The predicted octanol–water partition coefficient (Wildman–Crippen LogP) is 3.12. The van der Waals surface area contributed by atoms with Crippen LogP contribution in [-0.4, -0.2) is 36.8 Å². The standard InChI is InChI=1S/C18H18F3N3O2/c19-18(20,21)11-26-15-6-3-9-23-16(15)17(25)24-10-12(7-8-22)13-4-1-2-5-14(13)24/h1-6,9,12H,7-8,10-11,22H2. The average molecular weight is 365 g/mol. The summed E-state index contributed by atoms with van der Waals surface area (Å²) >= 11 is 0. The first kappa shape index (κ1) is 18.2. The number of carbonyl (C=O) groups excluding carboxylic acids is 1. The van der Waals surface area contributed by atoms with Crippen LogP contribution < -0.4 is 15.4 Å². The summed E-state index contributed by atoms with van der Waals surface area (Å²) in [5, 5.41) is 0. The topological polar surface area (TPSA) is 68.5 Å². The van der Waals surface area contributed by atoms with Gasteiger partial charge in [-0.3, -0.25) is 4.79 Å². The van der Waals surface area contributed by atoms with Gasteiger partial charge in [-0.25, -0.2) is 4.98 Å². The van der Waals surface area contributed by atoms with Gasteiger partial charge in [0.1, 0.15) is 0 Å². The van der Waals surface area contributed by atoms with Gasteiger partial charge in [-0.2, -0.15) is 13.2 Å². The third kappa shape index (κ3) is 3.80. The number of fused-ring (bicyclic) bond motifs is 1. The lowest BCUT2D eigenvalue weighted by Crippen LogP contribution is -2.31. The van der Waals surface area contributed by atoms with Crippen molar-refractivity contribution < 1.29 is 22.7 Å². The zero-order valence-electron chi connectivity index (χ0n) is 13.9. The monoisotopic (exact) mass is 365 g/mol. The first-order chi connectivity index (χ1) is 12.4. The number of pyridine rings is 1. The fourth-order valence-corrected chi connectivity index (χ4v) is 3.09. The molecule has 1 aromatic carbocycles. The van der Waals surface area contributed by atoms with Crippen molar-refractivity contribution >= 4 is 11.6 Å². The van der Waals surface area contributed by atoms with Gasteiger partial charge in [0.2, 0.25) is 0 Å². The quantitative estimate of drug-likeness (QED) is 0.884. The van der Waals surface area contributed by atoms with Crippen LogP contribution in [0.2, 0.25) is 0 Å². The summed E-state index contributed by atoms with van der Waals surface area (Å²) < 4.78 is 42.2. The second kappa shape index (κ2) is 7.33. The van der Waals surface area contributed by atoms with Crippen LogP contribution >= 0.6 is 0 Å². The zero-order chi connectivity index (χ0) is 18.7. The predicted molar refractivity (Wildman–Crippen MR) is 90.3 cm³/mol. The van der Waals surface area contributed by atoms with E-state index in [0.717, 1.165) is 11.3 Å². The number of hydrogen-bond acceptors (Lipinski definition) is 4. The van der Waals surface area contributed by atoms with Crippen molar-refractivity contribution in [2.24, 2.45) is 5.73 Å². The van der Waals surface area contributed by atoms with E-state index in [4.69, 9.17) is 10.5 Å². The molecule has 5 nitrogen and oxygen atoms in total. The Bertz CT molecular complexity index is 795. The Hall–Kier alpha value is -2.61. The van der Waals surface area contributed by atoms with Gasteiger partial charge in [0.25, 0.3) is 5.91 Å². The van der Waals surface area contributed by atoms with E-state index in [-0.39, 0.29) is 17.4 Å². The molecule has 138 valence electrons. The van der Waals surface area contributed by atoms with Crippen molar-refractivity contribution in [3.8, 4) is 5.75 Å². The molecule has 0 saturated heterocycles. The second-order valence-corrected chi connectivity index (χ2v) is 6.00. The van der Waals surface area contributed by atoms with E-state index in [1.807, 2.05) is 24.3 Å². The molecule has 0 fully saturated rings. The van der Waals surface area contributed by atoms with E-state index in [0.29, 0.717) is 19.5 Å². The van der Waals surface area contributed by atoms with E-state index in [1.54, 1.807) is 0 Å². The summed E-state index contributed by atoms with van der Waals surface area (Å²) in [6.07, 6.45) is -2.43. The minimum absolute atomic E-state index is 0.0865. The Morgan fingerprint density at radius 3 is 2.77 bits per heavy atom. The highest BCUT2D eigenvalue weighted by atomic mass is 19.4. The molecule has 0 saturated carbocycles. The first-order valence-corrected chi connectivity index (χ1v) is 8.16. The van der Waals surface area contributed by atoms with Crippen molar-refractivity contribution in [3.63, 3.8) is 0 Å². The summed E-state index contributed by atoms with van der Waals surface area (Å²) in [5.41, 5.74) is 7.25. The van der Waals surface area contributed by atoms with Crippen LogP contribution in [-0.2, 0) is 0 Å². The fraction of sp³-hybridized carbons (Fsp3) is 0.333. The number of benzene rings is 1. The van der Waals surface area contributed by atoms with E-state index in [9.17, 15) is 18.0 Å². The number of anilines is 1. The molecule has 2 aromatic rings. The Balaban J connectivity index is 1.89. The van der Waals surface area contributed by atoms with Crippen LogP contribution in [0.3, 0.4) is 0 Å². The van der Waals surface area contributed by atoms with E-state index < -0.39 is 18.7 Å². The summed E-state index contributed by atoms with van der Waals surface area (Å²) in [6, 6.07) is 10.2. The number of carbonyl (C=O) groups is 1. The molecule has 1 aliphatic heterocycles. The molecular formula is C18H18F3N3O2. The molecule has 0 aliphatic carbocycles. The molecule has 1 aromatic heterocycles. The van der Waals surface area contributed by atoms with Gasteiger partial charge in [-0.1, -0.05) is 18.2 Å². The van der Waals surface area contributed by atoms with Crippen LogP contribution in [0.25, 0.3) is 0 Å². The van der Waals surface area contributed by atoms with E-state index in [1.165, 1.54) is 23.2 Å². The van der Waals surface area contributed by atoms with Gasteiger partial charge in [0.05, 0.1) is 0 Å². The first-order valence-electron chi connectivity index (χ1n) is 8.16. The Labute approximate surface area is 148 Å². The van der Waals surface area contributed by atoms with Crippen molar-refractivity contribution in [1.29, 1.82) is 0 Å². The van der Waals surface area contributed by atoms with Gasteiger partial charge in [0, 0.05) is 24.3 Å². The van der Waals surface area contributed by atoms with Crippen LogP contribution in [0.15, 0.2) is 42.6 Å². The molecule has 1 aliphatic rings. The molecule has 26 heavy (non-hydrogen) atoms. The minimum Gasteiger partial charge on any atom is -0.482 e. The van der Waals surface area contributed by atoms with Gasteiger partial charge in [-0.05, 0) is 36.7 Å². The molecule has 3 rings (SSSR count). The van der Waals surface area contributed by atoms with Gasteiger partial charge in [0.15, 0.2) is 18.1 Å². The number of para-hydroxylation sites is 1. The SMILES string of the molecule is NCCC1CN(C(=O)c2ncccc2OCC(F)(F)F)c2ccccc21. The number of nitrogens with two attached hydrogens (primary N) is 1. The molecule has 8 heteroatoms. The molecular weight excluding hydrogens is 347 g/mol. The summed E-state index contributed by atoms with van der Waals surface area (Å²) in [4.78, 5) is 18.5. The van der Waals surface area contributed by atoms with Crippen molar-refractivity contribution in [2.75, 3.05) is 24.6 Å². The van der Waals surface area contributed by atoms with Crippen molar-refractivity contribution in [3.05, 3.63) is 53.9 Å². The summed E-state index contributed by atoms with van der Waals surface area (Å²) in [5.74, 6) is -0.590. The highest BCUT2D eigenvalue weighted by Gasteiger charge is 2.34. The molecule has 2 heterocycles. The lowest BCUT2D eigenvalue weighted by molar-refractivity contribution is -0.153. The molecule has 1 amide bonds. The number of nitrogens with zero attached hydrogens (tertiary/aromatic N) is 2. The lowest BCUT2D eigenvalue weighted by Gasteiger charge is -2.19. The molecule has 1 atom stereocenters. The van der Waals surface area contributed by atoms with Crippen LogP contribution in [0.4, 0.5) is 18.9 Å². The molecule has 1 unspecified atom stereocenters. The number of alkyl halides is 3. The Morgan fingerprint density at radius 2 is 2.04 bits per heavy atom. The fourth-order valence-electron chi connectivity index (χ4n) is 3.09. The number of rotatable bonds is 5. The van der Waals surface area contributed by atoms with Crippen LogP contribution in [0.1, 0.15) is 28.4 Å². The summed E-state index contributed by atoms with van der Waals surface area (Å²) in [7, 11) is 0. The zero-order valence-corrected chi connectivity index (χ0v) is 13.9. The second-order valence-electron chi connectivity index (χ2n) is 6.00. The largest absolute Gasteiger partial charge is 0.482 e. The third-order valence-corrected chi connectivity index (χ3v) is 4.20. The average Bonchev–Trinajstić information content (AvgIpc) is 2.98. The lowest BCUT2D eigenvalue weighted by atomic mass is 9.98. The van der Waals surface area contributed by atoms with Gasteiger partial charge in [-0.15, -0.1) is 0 Å². The molecule has 0 bridgehead atoms. The Morgan fingerprint density at radius 1 is 1.27 bits per heavy atom. The Kier molecular flexibility index (Phi) is 5.13. The van der Waals surface area contributed by atoms with Crippen molar-refractivity contribution in [2.45, 2.75) is 18.5 Å². The molecule has 2 N–H and O–H groups in total. The van der Waals surface area contributed by atoms with E-state index in [2.05, 4.69) is 4.98 Å². The normalized spacial score (nSPS) is 16.5. The van der Waals surface area contributed by atoms with Crippen LogP contribution in [0, 0.1) is 0 Å². The molecule has 0 spiro atoms. The smallest absolute Gasteiger partial charge is 0.422 e. The molecule has 0 radical (unpaired) electrons. The minimum atomic E-state index is -4.50. The highest BCUT2D eigenvalue weighted by Crippen LogP contribution is 2.39. The maximum Gasteiger partial charge on any atom is 0.422 e. The number of amides is 1. The number of halogens is 3. The maximum absolute atomic E-state index is 13.0. The van der Waals surface area contributed by atoms with E-state index >= 15 is 0 Å². The van der Waals surface area contributed by atoms with Crippen LogP contribution in [0.5, 0.6) is 5.75 Å². The number of aromatic nitrogens is 1. The van der Waals surface area contributed by atoms with Crippen molar-refractivity contribution in [1.82, 2.24) is 4.98 Å².